The Morgan fingerprint density at radius 1 is 1.24 bits per heavy atom. The Hall–Kier alpha value is -1.47. The van der Waals surface area contributed by atoms with Crippen molar-refractivity contribution in [2.45, 2.75) is 38.5 Å². The lowest BCUT2D eigenvalue weighted by Crippen LogP contribution is -2.42. The van der Waals surface area contributed by atoms with Crippen LogP contribution in [-0.2, 0) is 20.2 Å². The fourth-order valence-electron chi connectivity index (χ4n) is 3.94. The van der Waals surface area contributed by atoms with E-state index in [9.17, 15) is 17.6 Å². The Balaban J connectivity index is 1.68. The highest BCUT2D eigenvalue weighted by atomic mass is 32.2. The molecule has 5 nitrogen and oxygen atoms in total. The van der Waals surface area contributed by atoms with E-state index in [1.54, 1.807) is 18.2 Å². The van der Waals surface area contributed by atoms with Gasteiger partial charge in [-0.15, -0.1) is 0 Å². The van der Waals surface area contributed by atoms with Gasteiger partial charge in [-0.2, -0.15) is 0 Å². The first-order valence-corrected chi connectivity index (χ1v) is 10.3. The number of nitrogens with zero attached hydrogens (tertiary/aromatic N) is 1. The quantitative estimate of drug-likeness (QED) is 0.836. The van der Waals surface area contributed by atoms with Crippen LogP contribution in [0.5, 0.6) is 0 Å². The van der Waals surface area contributed by atoms with Gasteiger partial charge in [-0.3, -0.25) is 4.79 Å². The molecule has 1 saturated carbocycles. The molecule has 1 N–H and O–H groups in total. The number of benzene rings is 1. The van der Waals surface area contributed by atoms with Gasteiger partial charge in [0, 0.05) is 25.2 Å². The van der Waals surface area contributed by atoms with E-state index in [1.807, 2.05) is 13.8 Å². The molecule has 0 radical (unpaired) electrons. The van der Waals surface area contributed by atoms with Crippen LogP contribution in [0.1, 0.15) is 38.7 Å². The zero-order valence-electron chi connectivity index (χ0n) is 14.7. The summed E-state index contributed by atoms with van der Waals surface area (Å²) in [6, 6.07) is 6.32. The summed E-state index contributed by atoms with van der Waals surface area (Å²) in [5.74, 6) is -0.806. The maximum Gasteiger partial charge on any atom is 0.231 e. The first kappa shape index (κ1) is 18.3. The van der Waals surface area contributed by atoms with E-state index in [2.05, 4.69) is 5.32 Å². The molecule has 7 heteroatoms. The van der Waals surface area contributed by atoms with Crippen LogP contribution in [0.2, 0.25) is 0 Å². The number of hydrogen-bond donors (Lipinski definition) is 1. The van der Waals surface area contributed by atoms with E-state index < -0.39 is 21.3 Å². The third-order valence-corrected chi connectivity index (χ3v) is 7.43. The van der Waals surface area contributed by atoms with Crippen LogP contribution in [0.15, 0.2) is 24.3 Å². The second-order valence-electron chi connectivity index (χ2n) is 7.62. The lowest BCUT2D eigenvalue weighted by atomic mass is 9.86. The van der Waals surface area contributed by atoms with Crippen LogP contribution < -0.4 is 5.32 Å². The lowest BCUT2D eigenvalue weighted by molar-refractivity contribution is -0.124. The minimum Gasteiger partial charge on any atom is -0.354 e. The highest BCUT2D eigenvalue weighted by Gasteiger charge is 2.67. The summed E-state index contributed by atoms with van der Waals surface area (Å²) in [4.78, 5) is 12.8. The molecule has 1 aromatic carbocycles. The van der Waals surface area contributed by atoms with Crippen molar-refractivity contribution in [1.29, 1.82) is 0 Å². The van der Waals surface area contributed by atoms with Crippen LogP contribution in [0.4, 0.5) is 4.39 Å². The van der Waals surface area contributed by atoms with Crippen LogP contribution in [-0.4, -0.2) is 44.0 Å². The third kappa shape index (κ3) is 3.19. The second kappa shape index (κ2) is 6.36. The average Bonchev–Trinajstić information content (AvgIpc) is 2.92. The van der Waals surface area contributed by atoms with Crippen LogP contribution in [0.3, 0.4) is 0 Å². The van der Waals surface area contributed by atoms with E-state index in [0.29, 0.717) is 25.1 Å². The molecule has 1 atom stereocenters. The fraction of sp³-hybridized carbons (Fsp3) is 0.611. The normalized spacial score (nSPS) is 25.7. The van der Waals surface area contributed by atoms with Crippen molar-refractivity contribution in [2.75, 3.05) is 25.4 Å². The summed E-state index contributed by atoms with van der Waals surface area (Å²) >= 11 is 0. The molecule has 3 rings (SSSR count). The second-order valence-corrected chi connectivity index (χ2v) is 9.71. The molecule has 0 bridgehead atoms. The number of rotatable bonds is 6. The van der Waals surface area contributed by atoms with Crippen molar-refractivity contribution >= 4 is 15.9 Å². The Labute approximate surface area is 148 Å². The Kier molecular flexibility index (Phi) is 4.66. The van der Waals surface area contributed by atoms with E-state index in [-0.39, 0.29) is 23.6 Å². The first-order chi connectivity index (χ1) is 11.7. The fourth-order valence-corrected chi connectivity index (χ4v) is 5.37. The molecule has 0 aromatic heterocycles. The van der Waals surface area contributed by atoms with Gasteiger partial charge in [-0.05, 0) is 30.7 Å². The van der Waals surface area contributed by atoms with E-state index in [1.165, 1.54) is 10.4 Å². The molecule has 0 spiro atoms. The minimum absolute atomic E-state index is 0.0456. The summed E-state index contributed by atoms with van der Waals surface area (Å²) < 4.78 is 40.2. The first-order valence-electron chi connectivity index (χ1n) is 8.72. The smallest absolute Gasteiger partial charge is 0.231 e. The summed E-state index contributed by atoms with van der Waals surface area (Å²) in [6.45, 7) is 5.02. The molecule has 1 aliphatic carbocycles. The molecule has 1 saturated heterocycles. The highest BCUT2D eigenvalue weighted by molar-refractivity contribution is 7.89. The van der Waals surface area contributed by atoms with Gasteiger partial charge in [0.1, 0.15) is 5.82 Å². The third-order valence-electron chi connectivity index (χ3n) is 5.56. The van der Waals surface area contributed by atoms with Gasteiger partial charge in [0.25, 0.3) is 0 Å². The summed E-state index contributed by atoms with van der Waals surface area (Å²) in [5, 5.41) is 2.73. The molecule has 1 amide bonds. The maximum absolute atomic E-state index is 14.3. The van der Waals surface area contributed by atoms with Gasteiger partial charge in [0.05, 0.1) is 11.2 Å². The molecule has 1 aliphatic heterocycles. The molecule has 1 aromatic rings. The zero-order chi connectivity index (χ0) is 18.3. The van der Waals surface area contributed by atoms with Crippen LogP contribution >= 0.6 is 0 Å². The standard InChI is InChI=1S/C18H25FN2O3S/c1-17(2)13-18(17,14-7-3-4-8-15(14)19)16(22)20-9-12-25(23,24)21-10-5-6-11-21/h3-4,7-8H,5-6,9-13H2,1-2H3,(H,20,22). The zero-order valence-corrected chi connectivity index (χ0v) is 15.5. The maximum atomic E-state index is 14.3. The number of halogens is 1. The van der Waals surface area contributed by atoms with E-state index >= 15 is 0 Å². The molecule has 2 fully saturated rings. The van der Waals surface area contributed by atoms with Crippen molar-refractivity contribution in [3.8, 4) is 0 Å². The molecule has 25 heavy (non-hydrogen) atoms. The van der Waals surface area contributed by atoms with Crippen molar-refractivity contribution in [3.63, 3.8) is 0 Å². The summed E-state index contributed by atoms with van der Waals surface area (Å²) in [5.41, 5.74) is -0.886. The van der Waals surface area contributed by atoms with Gasteiger partial charge in [0.2, 0.25) is 15.9 Å². The molecule has 1 unspecified atom stereocenters. The predicted octanol–water partition coefficient (Wildman–Crippen LogP) is 2.04. The summed E-state index contributed by atoms with van der Waals surface area (Å²) in [7, 11) is -3.34. The number of nitrogens with one attached hydrogen (secondary N) is 1. The molecule has 2 aliphatic rings. The molecular weight excluding hydrogens is 343 g/mol. The van der Waals surface area contributed by atoms with Crippen molar-refractivity contribution in [2.24, 2.45) is 5.41 Å². The molecular formula is C18H25FN2O3S. The molecule has 1 heterocycles. The number of sulfonamides is 1. The van der Waals surface area contributed by atoms with E-state index in [0.717, 1.165) is 12.8 Å². The monoisotopic (exact) mass is 368 g/mol. The van der Waals surface area contributed by atoms with Gasteiger partial charge in [-0.25, -0.2) is 17.1 Å². The Morgan fingerprint density at radius 3 is 2.40 bits per heavy atom. The SMILES string of the molecule is CC1(C)CC1(C(=O)NCCS(=O)(=O)N1CCCC1)c1ccccc1F. The number of amides is 1. The number of carbonyl (C=O) groups is 1. The van der Waals surface area contributed by atoms with Gasteiger partial charge >= 0.3 is 0 Å². The highest BCUT2D eigenvalue weighted by Crippen LogP contribution is 2.64. The van der Waals surface area contributed by atoms with Crippen molar-refractivity contribution in [1.82, 2.24) is 9.62 Å². The van der Waals surface area contributed by atoms with Crippen molar-refractivity contribution < 1.29 is 17.6 Å². The number of carbonyl (C=O) groups excluding carboxylic acids is 1. The lowest BCUT2D eigenvalue weighted by Gasteiger charge is -2.22. The average molecular weight is 368 g/mol. The van der Waals surface area contributed by atoms with E-state index in [4.69, 9.17) is 0 Å². The number of hydrogen-bond acceptors (Lipinski definition) is 3. The summed E-state index contributed by atoms with van der Waals surface area (Å²) in [6.07, 6.45) is 2.32. The topological polar surface area (TPSA) is 66.5 Å². The molecule has 138 valence electrons. The van der Waals surface area contributed by atoms with Crippen molar-refractivity contribution in [3.05, 3.63) is 35.6 Å². The van der Waals surface area contributed by atoms with Crippen LogP contribution in [0.25, 0.3) is 0 Å². The van der Waals surface area contributed by atoms with Gasteiger partial charge in [0.15, 0.2) is 0 Å². The largest absolute Gasteiger partial charge is 0.354 e. The Bertz CT molecular complexity index is 772. The predicted molar refractivity (Wildman–Crippen MR) is 94.1 cm³/mol. The van der Waals surface area contributed by atoms with Gasteiger partial charge in [-0.1, -0.05) is 32.0 Å². The van der Waals surface area contributed by atoms with Gasteiger partial charge < -0.3 is 5.32 Å². The van der Waals surface area contributed by atoms with Crippen LogP contribution in [0, 0.1) is 11.2 Å². The Morgan fingerprint density at radius 2 is 1.84 bits per heavy atom. The minimum atomic E-state index is -3.34.